The van der Waals surface area contributed by atoms with Crippen LogP contribution in [0.5, 0.6) is 5.75 Å². The molecule has 2 nitrogen and oxygen atoms in total. The molecule has 0 amide bonds. The molecule has 0 bridgehead atoms. The van der Waals surface area contributed by atoms with Crippen LogP contribution in [-0.2, 0) is 0 Å². The molecule has 3 aromatic rings. The molecule has 3 aromatic carbocycles. The lowest BCUT2D eigenvalue weighted by Crippen LogP contribution is -2.21. The lowest BCUT2D eigenvalue weighted by atomic mass is 9.78. The predicted molar refractivity (Wildman–Crippen MR) is 101 cm³/mol. The van der Waals surface area contributed by atoms with Gasteiger partial charge in [-0.25, -0.2) is 0 Å². The Bertz CT molecular complexity index is 768. The van der Waals surface area contributed by atoms with Gasteiger partial charge in [-0.05, 0) is 35.4 Å². The molecular formula is C23H22O2. The SMILES string of the molecule is COc1ccc(C(=O)C(C)C(c2ccccc2)c2ccccc2)cc1. The van der Waals surface area contributed by atoms with Gasteiger partial charge in [-0.15, -0.1) is 0 Å². The third-order valence-corrected chi connectivity index (χ3v) is 4.61. The van der Waals surface area contributed by atoms with Gasteiger partial charge in [0.1, 0.15) is 5.75 Å². The average Bonchev–Trinajstić information content (AvgIpc) is 2.69. The molecule has 25 heavy (non-hydrogen) atoms. The number of rotatable bonds is 6. The Morgan fingerprint density at radius 3 is 1.68 bits per heavy atom. The lowest BCUT2D eigenvalue weighted by Gasteiger charge is -2.24. The first-order valence-corrected chi connectivity index (χ1v) is 8.49. The van der Waals surface area contributed by atoms with Gasteiger partial charge in [-0.1, -0.05) is 67.6 Å². The van der Waals surface area contributed by atoms with Gasteiger partial charge in [0.05, 0.1) is 7.11 Å². The Hall–Kier alpha value is -2.87. The molecule has 0 aromatic heterocycles. The molecule has 0 radical (unpaired) electrons. The fraction of sp³-hybridized carbons (Fsp3) is 0.174. The summed E-state index contributed by atoms with van der Waals surface area (Å²) in [6.07, 6.45) is 0. The Morgan fingerprint density at radius 2 is 1.24 bits per heavy atom. The second-order valence-corrected chi connectivity index (χ2v) is 6.18. The van der Waals surface area contributed by atoms with Crippen molar-refractivity contribution in [3.63, 3.8) is 0 Å². The highest BCUT2D eigenvalue weighted by Gasteiger charge is 2.27. The summed E-state index contributed by atoms with van der Waals surface area (Å²) in [5.41, 5.74) is 3.02. The van der Waals surface area contributed by atoms with Crippen LogP contribution in [0.2, 0.25) is 0 Å². The van der Waals surface area contributed by atoms with Crippen LogP contribution in [0.1, 0.15) is 34.3 Å². The van der Waals surface area contributed by atoms with E-state index in [0.717, 1.165) is 16.9 Å². The first-order valence-electron chi connectivity index (χ1n) is 8.49. The Morgan fingerprint density at radius 1 is 0.760 bits per heavy atom. The monoisotopic (exact) mass is 330 g/mol. The molecule has 0 saturated carbocycles. The minimum Gasteiger partial charge on any atom is -0.497 e. The van der Waals surface area contributed by atoms with Gasteiger partial charge in [0, 0.05) is 17.4 Å². The van der Waals surface area contributed by atoms with Gasteiger partial charge in [-0.3, -0.25) is 4.79 Å². The van der Waals surface area contributed by atoms with Crippen molar-refractivity contribution in [3.05, 3.63) is 102 Å². The molecule has 1 unspecified atom stereocenters. The van der Waals surface area contributed by atoms with Gasteiger partial charge in [-0.2, -0.15) is 0 Å². The van der Waals surface area contributed by atoms with Crippen molar-refractivity contribution in [2.24, 2.45) is 5.92 Å². The standard InChI is InChI=1S/C23H22O2/c1-17(23(24)20-13-15-21(25-2)16-14-20)22(18-9-5-3-6-10-18)19-11-7-4-8-12-19/h3-17,22H,1-2H3. The molecule has 0 fully saturated rings. The first kappa shape index (κ1) is 17.0. The molecule has 2 heteroatoms. The molecule has 0 aliphatic rings. The minimum atomic E-state index is -0.168. The molecule has 0 aliphatic carbocycles. The van der Waals surface area contributed by atoms with Crippen molar-refractivity contribution >= 4 is 5.78 Å². The van der Waals surface area contributed by atoms with Crippen molar-refractivity contribution in [1.29, 1.82) is 0 Å². The summed E-state index contributed by atoms with van der Waals surface area (Å²) in [5.74, 6) is 0.752. The fourth-order valence-corrected chi connectivity index (χ4v) is 3.26. The Balaban J connectivity index is 1.96. The van der Waals surface area contributed by atoms with E-state index in [2.05, 4.69) is 24.3 Å². The van der Waals surface area contributed by atoms with Gasteiger partial charge in [0.2, 0.25) is 0 Å². The van der Waals surface area contributed by atoms with Crippen molar-refractivity contribution in [2.75, 3.05) is 7.11 Å². The number of benzene rings is 3. The van der Waals surface area contributed by atoms with E-state index in [1.165, 1.54) is 0 Å². The number of Topliss-reactive ketones (excluding diaryl/α,β-unsaturated/α-hetero) is 1. The summed E-state index contributed by atoms with van der Waals surface area (Å²) >= 11 is 0. The maximum atomic E-state index is 13.1. The topological polar surface area (TPSA) is 26.3 Å². The highest BCUT2D eigenvalue weighted by Crippen LogP contribution is 2.34. The zero-order valence-electron chi connectivity index (χ0n) is 14.6. The average molecular weight is 330 g/mol. The van der Waals surface area contributed by atoms with E-state index >= 15 is 0 Å². The molecule has 0 saturated heterocycles. The van der Waals surface area contributed by atoms with Crippen LogP contribution < -0.4 is 4.74 Å². The van der Waals surface area contributed by atoms with Gasteiger partial charge >= 0.3 is 0 Å². The van der Waals surface area contributed by atoms with Crippen LogP contribution in [-0.4, -0.2) is 12.9 Å². The zero-order chi connectivity index (χ0) is 17.6. The summed E-state index contributed by atoms with van der Waals surface area (Å²) in [7, 11) is 1.63. The molecule has 0 spiro atoms. The second-order valence-electron chi connectivity index (χ2n) is 6.18. The van der Waals surface area contributed by atoms with Crippen molar-refractivity contribution in [2.45, 2.75) is 12.8 Å². The number of carbonyl (C=O) groups is 1. The van der Waals surface area contributed by atoms with E-state index in [0.29, 0.717) is 5.56 Å². The van der Waals surface area contributed by atoms with E-state index in [9.17, 15) is 4.79 Å². The smallest absolute Gasteiger partial charge is 0.166 e. The second kappa shape index (κ2) is 7.80. The summed E-state index contributed by atoms with van der Waals surface area (Å²) in [6, 6.07) is 27.8. The normalized spacial score (nSPS) is 12.0. The Kier molecular flexibility index (Phi) is 5.30. The molecule has 0 heterocycles. The van der Waals surface area contributed by atoms with Gasteiger partial charge in [0.25, 0.3) is 0 Å². The molecule has 3 rings (SSSR count). The highest BCUT2D eigenvalue weighted by molar-refractivity contribution is 5.98. The number of carbonyl (C=O) groups excluding carboxylic acids is 1. The van der Waals surface area contributed by atoms with E-state index in [1.54, 1.807) is 7.11 Å². The summed E-state index contributed by atoms with van der Waals surface area (Å²) in [4.78, 5) is 13.1. The quantitative estimate of drug-likeness (QED) is 0.570. The summed E-state index contributed by atoms with van der Waals surface area (Å²) < 4.78 is 5.18. The van der Waals surface area contributed by atoms with Crippen LogP contribution in [0.3, 0.4) is 0 Å². The number of hydrogen-bond donors (Lipinski definition) is 0. The van der Waals surface area contributed by atoms with Crippen molar-refractivity contribution in [3.8, 4) is 5.75 Å². The maximum Gasteiger partial charge on any atom is 0.166 e. The molecule has 0 N–H and O–H groups in total. The Labute approximate surface area is 149 Å². The van der Waals surface area contributed by atoms with Crippen LogP contribution >= 0.6 is 0 Å². The third kappa shape index (κ3) is 3.80. The van der Waals surface area contributed by atoms with E-state index in [-0.39, 0.29) is 17.6 Å². The number of methoxy groups -OCH3 is 1. The summed E-state index contributed by atoms with van der Waals surface area (Å²) in [5, 5.41) is 0. The van der Waals surface area contributed by atoms with Crippen molar-refractivity contribution in [1.82, 2.24) is 0 Å². The van der Waals surface area contributed by atoms with E-state index in [4.69, 9.17) is 4.74 Å². The van der Waals surface area contributed by atoms with Gasteiger partial charge in [0.15, 0.2) is 5.78 Å². The largest absolute Gasteiger partial charge is 0.497 e. The van der Waals surface area contributed by atoms with E-state index < -0.39 is 0 Å². The number of ketones is 1. The number of ether oxygens (including phenoxy) is 1. The predicted octanol–water partition coefficient (Wildman–Crippen LogP) is 5.35. The van der Waals surface area contributed by atoms with Crippen molar-refractivity contribution < 1.29 is 9.53 Å². The lowest BCUT2D eigenvalue weighted by molar-refractivity contribution is 0.0919. The zero-order valence-corrected chi connectivity index (χ0v) is 14.6. The first-order chi connectivity index (χ1) is 12.2. The number of hydrogen-bond acceptors (Lipinski definition) is 2. The minimum absolute atomic E-state index is 0.0250. The van der Waals surface area contributed by atoms with E-state index in [1.807, 2.05) is 67.6 Å². The molecular weight excluding hydrogens is 308 g/mol. The van der Waals surface area contributed by atoms with Crippen LogP contribution in [0.25, 0.3) is 0 Å². The molecule has 1 atom stereocenters. The van der Waals surface area contributed by atoms with Crippen LogP contribution in [0.15, 0.2) is 84.9 Å². The molecule has 0 aliphatic heterocycles. The van der Waals surface area contributed by atoms with Crippen LogP contribution in [0, 0.1) is 5.92 Å². The van der Waals surface area contributed by atoms with Gasteiger partial charge < -0.3 is 4.74 Å². The summed E-state index contributed by atoms with van der Waals surface area (Å²) in [6.45, 7) is 2.01. The molecule has 126 valence electrons. The fourth-order valence-electron chi connectivity index (χ4n) is 3.26. The maximum absolute atomic E-state index is 13.1. The van der Waals surface area contributed by atoms with Crippen LogP contribution in [0.4, 0.5) is 0 Å². The highest BCUT2D eigenvalue weighted by atomic mass is 16.5. The third-order valence-electron chi connectivity index (χ3n) is 4.61.